The number of fused-ring (bicyclic) bond motifs is 2. The molecule has 1 amide bonds. The van der Waals surface area contributed by atoms with Crippen LogP contribution in [0.15, 0.2) is 24.3 Å². The SMILES string of the molecule is O=C1O[C@]2(CCCN(C(=O)C3CC3)C2)c2ccccc21. The molecule has 4 rings (SSSR count). The van der Waals surface area contributed by atoms with Gasteiger partial charge in [0.25, 0.3) is 0 Å². The Labute approximate surface area is 117 Å². The van der Waals surface area contributed by atoms with Crippen molar-refractivity contribution in [2.24, 2.45) is 5.92 Å². The summed E-state index contributed by atoms with van der Waals surface area (Å²) in [5.41, 5.74) is 1.02. The molecule has 104 valence electrons. The third-order valence-electron chi connectivity index (χ3n) is 4.62. The maximum Gasteiger partial charge on any atom is 0.339 e. The van der Waals surface area contributed by atoms with E-state index in [-0.39, 0.29) is 17.8 Å². The van der Waals surface area contributed by atoms with E-state index < -0.39 is 5.60 Å². The van der Waals surface area contributed by atoms with Crippen LogP contribution in [-0.2, 0) is 15.1 Å². The van der Waals surface area contributed by atoms with Gasteiger partial charge in [0.1, 0.15) is 0 Å². The number of piperidine rings is 1. The Balaban J connectivity index is 1.67. The first-order valence-electron chi connectivity index (χ1n) is 7.31. The highest BCUT2D eigenvalue weighted by atomic mass is 16.6. The zero-order chi connectivity index (χ0) is 13.7. The van der Waals surface area contributed by atoms with Crippen LogP contribution in [0.5, 0.6) is 0 Å². The minimum Gasteiger partial charge on any atom is -0.449 e. The lowest BCUT2D eigenvalue weighted by atomic mass is 9.85. The molecule has 4 nitrogen and oxygen atoms in total. The van der Waals surface area contributed by atoms with Crippen LogP contribution in [0.2, 0.25) is 0 Å². The van der Waals surface area contributed by atoms with Gasteiger partial charge in [-0.3, -0.25) is 4.79 Å². The summed E-state index contributed by atoms with van der Waals surface area (Å²) < 4.78 is 5.71. The highest BCUT2D eigenvalue weighted by molar-refractivity contribution is 5.95. The van der Waals surface area contributed by atoms with Crippen molar-refractivity contribution in [2.45, 2.75) is 31.3 Å². The van der Waals surface area contributed by atoms with Crippen molar-refractivity contribution < 1.29 is 14.3 Å². The summed E-state index contributed by atoms with van der Waals surface area (Å²) >= 11 is 0. The van der Waals surface area contributed by atoms with E-state index in [9.17, 15) is 9.59 Å². The molecule has 20 heavy (non-hydrogen) atoms. The zero-order valence-electron chi connectivity index (χ0n) is 11.3. The van der Waals surface area contributed by atoms with Gasteiger partial charge >= 0.3 is 5.97 Å². The first-order valence-corrected chi connectivity index (χ1v) is 7.31. The van der Waals surface area contributed by atoms with Crippen LogP contribution in [0.1, 0.15) is 41.6 Å². The monoisotopic (exact) mass is 271 g/mol. The Morgan fingerprint density at radius 1 is 1.30 bits per heavy atom. The van der Waals surface area contributed by atoms with Gasteiger partial charge in [0.15, 0.2) is 5.60 Å². The Bertz CT molecular complexity index is 593. The maximum atomic E-state index is 12.3. The van der Waals surface area contributed by atoms with Crippen LogP contribution in [0, 0.1) is 5.92 Å². The number of likely N-dealkylation sites (tertiary alicyclic amines) is 1. The van der Waals surface area contributed by atoms with Gasteiger partial charge in [0, 0.05) is 18.0 Å². The van der Waals surface area contributed by atoms with E-state index in [1.54, 1.807) is 0 Å². The van der Waals surface area contributed by atoms with Gasteiger partial charge in [-0.25, -0.2) is 4.79 Å². The third-order valence-corrected chi connectivity index (χ3v) is 4.62. The molecule has 0 aromatic heterocycles. The average Bonchev–Trinajstić information content (AvgIpc) is 3.28. The fourth-order valence-electron chi connectivity index (χ4n) is 3.45. The molecular formula is C16H17NO3. The van der Waals surface area contributed by atoms with Gasteiger partial charge in [-0.15, -0.1) is 0 Å². The lowest BCUT2D eigenvalue weighted by molar-refractivity contribution is -0.140. The molecule has 2 aliphatic heterocycles. The third kappa shape index (κ3) is 1.67. The van der Waals surface area contributed by atoms with Crippen molar-refractivity contribution in [1.29, 1.82) is 0 Å². The molecule has 4 heteroatoms. The number of amides is 1. The lowest BCUT2D eigenvalue weighted by Crippen LogP contribution is -2.49. The van der Waals surface area contributed by atoms with Gasteiger partial charge in [0.05, 0.1) is 12.1 Å². The Kier molecular flexibility index (Phi) is 2.43. The first-order chi connectivity index (χ1) is 9.70. The van der Waals surface area contributed by atoms with E-state index in [0.717, 1.165) is 37.8 Å². The molecule has 0 unspecified atom stereocenters. The molecule has 2 fully saturated rings. The fraction of sp³-hybridized carbons (Fsp3) is 0.500. The molecule has 0 radical (unpaired) electrons. The summed E-state index contributed by atoms with van der Waals surface area (Å²) in [6.07, 6.45) is 3.72. The number of esters is 1. The molecule has 1 aromatic rings. The van der Waals surface area contributed by atoms with E-state index in [2.05, 4.69) is 0 Å². The smallest absolute Gasteiger partial charge is 0.339 e. The van der Waals surface area contributed by atoms with E-state index in [1.165, 1.54) is 0 Å². The largest absolute Gasteiger partial charge is 0.449 e. The number of carbonyl (C=O) groups is 2. The van der Waals surface area contributed by atoms with Crippen LogP contribution in [0.3, 0.4) is 0 Å². The minimum atomic E-state index is -0.601. The predicted octanol–water partition coefficient (Wildman–Crippen LogP) is 2.08. The van der Waals surface area contributed by atoms with E-state index in [4.69, 9.17) is 4.74 Å². The van der Waals surface area contributed by atoms with Crippen LogP contribution < -0.4 is 0 Å². The summed E-state index contributed by atoms with van der Waals surface area (Å²) in [4.78, 5) is 26.2. The van der Waals surface area contributed by atoms with Gasteiger partial charge in [0.2, 0.25) is 5.91 Å². The Hall–Kier alpha value is -1.84. The Morgan fingerprint density at radius 3 is 2.90 bits per heavy atom. The van der Waals surface area contributed by atoms with Gasteiger partial charge in [-0.05, 0) is 31.7 Å². The molecule has 1 saturated carbocycles. The normalized spacial score (nSPS) is 28.4. The summed E-state index contributed by atoms with van der Waals surface area (Å²) in [6, 6.07) is 7.57. The number of ether oxygens (including phenoxy) is 1. The number of rotatable bonds is 1. The lowest BCUT2D eigenvalue weighted by Gasteiger charge is -2.39. The quantitative estimate of drug-likeness (QED) is 0.735. The molecule has 3 aliphatic rings. The van der Waals surface area contributed by atoms with Gasteiger partial charge < -0.3 is 9.64 Å². The van der Waals surface area contributed by atoms with Crippen molar-refractivity contribution in [3.63, 3.8) is 0 Å². The highest BCUT2D eigenvalue weighted by Gasteiger charge is 2.49. The van der Waals surface area contributed by atoms with E-state index in [1.807, 2.05) is 29.2 Å². The summed E-state index contributed by atoms with van der Waals surface area (Å²) in [5.74, 6) is 0.211. The predicted molar refractivity (Wildman–Crippen MR) is 72.1 cm³/mol. The van der Waals surface area contributed by atoms with E-state index >= 15 is 0 Å². The number of hydrogen-bond donors (Lipinski definition) is 0. The zero-order valence-corrected chi connectivity index (χ0v) is 11.3. The maximum absolute atomic E-state index is 12.3. The molecule has 1 atom stereocenters. The van der Waals surface area contributed by atoms with Crippen molar-refractivity contribution >= 4 is 11.9 Å². The van der Waals surface area contributed by atoms with Crippen LogP contribution >= 0.6 is 0 Å². The number of hydrogen-bond acceptors (Lipinski definition) is 3. The van der Waals surface area contributed by atoms with Crippen LogP contribution in [-0.4, -0.2) is 29.9 Å². The van der Waals surface area contributed by atoms with E-state index in [0.29, 0.717) is 12.1 Å². The highest BCUT2D eigenvalue weighted by Crippen LogP contribution is 2.43. The second kappa shape index (κ2) is 4.08. The Morgan fingerprint density at radius 2 is 2.10 bits per heavy atom. The number of nitrogens with zero attached hydrogens (tertiary/aromatic N) is 1. The molecule has 2 heterocycles. The van der Waals surface area contributed by atoms with Crippen molar-refractivity contribution in [1.82, 2.24) is 4.90 Å². The average molecular weight is 271 g/mol. The standard InChI is InChI=1S/C16H17NO3/c18-14(11-6-7-11)17-9-3-8-16(10-17)13-5-2-1-4-12(13)15(19)20-16/h1-2,4-5,11H,3,6-10H2/t16-/m0/s1. The molecule has 1 aliphatic carbocycles. The molecule has 0 bridgehead atoms. The summed E-state index contributed by atoms with van der Waals surface area (Å²) in [7, 11) is 0. The second-order valence-electron chi connectivity index (χ2n) is 6.07. The number of benzene rings is 1. The fourth-order valence-corrected chi connectivity index (χ4v) is 3.45. The topological polar surface area (TPSA) is 46.6 Å². The van der Waals surface area contributed by atoms with Crippen molar-refractivity contribution in [3.05, 3.63) is 35.4 Å². The first kappa shape index (κ1) is 11.9. The summed E-state index contributed by atoms with van der Waals surface area (Å²) in [5, 5.41) is 0. The van der Waals surface area contributed by atoms with Gasteiger partial charge in [-0.2, -0.15) is 0 Å². The molecule has 1 saturated heterocycles. The second-order valence-corrected chi connectivity index (χ2v) is 6.07. The van der Waals surface area contributed by atoms with Crippen LogP contribution in [0.4, 0.5) is 0 Å². The minimum absolute atomic E-state index is 0.220. The van der Waals surface area contributed by atoms with Crippen molar-refractivity contribution in [3.8, 4) is 0 Å². The summed E-state index contributed by atoms with van der Waals surface area (Å²) in [6.45, 7) is 1.31. The van der Waals surface area contributed by atoms with Gasteiger partial charge in [-0.1, -0.05) is 18.2 Å². The molecule has 0 N–H and O–H groups in total. The van der Waals surface area contributed by atoms with Crippen LogP contribution in [0.25, 0.3) is 0 Å². The molecule has 1 aromatic carbocycles. The molecular weight excluding hydrogens is 254 g/mol. The number of carbonyl (C=O) groups excluding carboxylic acids is 2. The van der Waals surface area contributed by atoms with Crippen molar-refractivity contribution in [2.75, 3.05) is 13.1 Å². The molecule has 1 spiro atoms.